The maximum absolute atomic E-state index is 4.98. The Balaban J connectivity index is 2.24. The second-order valence-corrected chi connectivity index (χ2v) is 3.40. The van der Waals surface area contributed by atoms with E-state index < -0.39 is 0 Å². The predicted molar refractivity (Wildman–Crippen MR) is 56.5 cm³/mol. The molecule has 0 aliphatic carbocycles. The van der Waals surface area contributed by atoms with Crippen molar-refractivity contribution in [2.45, 2.75) is 6.42 Å². The highest BCUT2D eigenvalue weighted by Gasteiger charge is 1.95. The van der Waals surface area contributed by atoms with Crippen LogP contribution < -0.4 is 0 Å². The Labute approximate surface area is 86.9 Å². The molecule has 0 spiro atoms. The van der Waals surface area contributed by atoms with Gasteiger partial charge in [-0.1, -0.05) is 18.3 Å². The first kappa shape index (κ1) is 9.02. The van der Waals surface area contributed by atoms with Crippen molar-refractivity contribution in [2.24, 2.45) is 0 Å². The minimum atomic E-state index is 0.659. The summed E-state index contributed by atoms with van der Waals surface area (Å²) in [6.45, 7) is 0. The zero-order valence-corrected chi connectivity index (χ0v) is 8.29. The van der Waals surface area contributed by atoms with Gasteiger partial charge in [0.1, 0.15) is 4.64 Å². The van der Waals surface area contributed by atoms with E-state index in [2.05, 4.69) is 15.0 Å². The lowest BCUT2D eigenvalue weighted by Crippen LogP contribution is -1.93. The van der Waals surface area contributed by atoms with Crippen LogP contribution in [0.3, 0.4) is 0 Å². The van der Waals surface area contributed by atoms with Gasteiger partial charge in [0.05, 0.1) is 6.20 Å². The lowest BCUT2D eigenvalue weighted by atomic mass is 10.2. The molecule has 2 aromatic heterocycles. The van der Waals surface area contributed by atoms with Gasteiger partial charge in [-0.05, 0) is 11.6 Å². The maximum Gasteiger partial charge on any atom is 0.121 e. The van der Waals surface area contributed by atoms with E-state index in [9.17, 15) is 0 Å². The van der Waals surface area contributed by atoms with E-state index in [1.54, 1.807) is 18.6 Å². The minimum Gasteiger partial charge on any atom is -0.347 e. The van der Waals surface area contributed by atoms with Crippen molar-refractivity contribution in [3.05, 3.63) is 52.8 Å². The number of nitrogens with one attached hydrogen (secondary N) is 1. The van der Waals surface area contributed by atoms with E-state index in [1.165, 1.54) is 0 Å². The number of nitrogens with zero attached hydrogens (tertiary/aromatic N) is 2. The van der Waals surface area contributed by atoms with Gasteiger partial charge < -0.3 is 4.98 Å². The van der Waals surface area contributed by atoms with E-state index in [0.717, 1.165) is 17.7 Å². The lowest BCUT2D eigenvalue weighted by molar-refractivity contribution is 1.01. The number of pyridine rings is 1. The summed E-state index contributed by atoms with van der Waals surface area (Å²) in [5.41, 5.74) is 2.15. The van der Waals surface area contributed by atoms with Crippen molar-refractivity contribution in [1.82, 2.24) is 15.0 Å². The normalized spacial score (nSPS) is 10.0. The molecule has 0 aliphatic rings. The monoisotopic (exact) mass is 203 g/mol. The van der Waals surface area contributed by atoms with Crippen molar-refractivity contribution in [3.8, 4) is 0 Å². The first-order valence-electron chi connectivity index (χ1n) is 4.27. The van der Waals surface area contributed by atoms with Crippen molar-refractivity contribution < 1.29 is 0 Å². The van der Waals surface area contributed by atoms with Gasteiger partial charge in [0.25, 0.3) is 0 Å². The van der Waals surface area contributed by atoms with E-state index in [0.29, 0.717) is 4.64 Å². The first-order valence-corrected chi connectivity index (χ1v) is 4.67. The molecular weight excluding hydrogens is 194 g/mol. The Hall–Kier alpha value is -1.55. The molecule has 0 atom stereocenters. The number of aromatic nitrogens is 3. The van der Waals surface area contributed by atoms with Gasteiger partial charge in [-0.25, -0.2) is 0 Å². The van der Waals surface area contributed by atoms with Gasteiger partial charge in [0.15, 0.2) is 0 Å². The Kier molecular flexibility index (Phi) is 2.65. The van der Waals surface area contributed by atoms with Crippen LogP contribution in [0, 0.1) is 4.64 Å². The smallest absolute Gasteiger partial charge is 0.121 e. The molecule has 0 bridgehead atoms. The molecule has 0 radical (unpaired) electrons. The van der Waals surface area contributed by atoms with Gasteiger partial charge in [0, 0.05) is 30.7 Å². The fourth-order valence-electron chi connectivity index (χ4n) is 1.23. The quantitative estimate of drug-likeness (QED) is 0.760. The molecule has 1 N–H and O–H groups in total. The Morgan fingerprint density at radius 2 is 2.14 bits per heavy atom. The molecule has 4 heteroatoms. The molecule has 0 saturated heterocycles. The second kappa shape index (κ2) is 4.11. The fraction of sp³-hybridized carbons (Fsp3) is 0.100. The predicted octanol–water partition coefficient (Wildman–Crippen LogP) is 2.12. The van der Waals surface area contributed by atoms with Crippen molar-refractivity contribution >= 4 is 12.2 Å². The number of aromatic amines is 1. The van der Waals surface area contributed by atoms with E-state index >= 15 is 0 Å². The van der Waals surface area contributed by atoms with Crippen LogP contribution >= 0.6 is 12.2 Å². The molecule has 14 heavy (non-hydrogen) atoms. The van der Waals surface area contributed by atoms with Crippen LogP contribution in [-0.4, -0.2) is 15.0 Å². The third-order valence-corrected chi connectivity index (χ3v) is 2.03. The van der Waals surface area contributed by atoms with Gasteiger partial charge in [0.2, 0.25) is 0 Å². The summed E-state index contributed by atoms with van der Waals surface area (Å²) in [5, 5.41) is 0. The largest absolute Gasteiger partial charge is 0.347 e. The molecule has 2 aromatic rings. The Morgan fingerprint density at radius 1 is 1.21 bits per heavy atom. The van der Waals surface area contributed by atoms with Crippen molar-refractivity contribution in [1.29, 1.82) is 0 Å². The van der Waals surface area contributed by atoms with E-state index in [1.807, 2.05) is 18.3 Å². The number of hydrogen-bond acceptors (Lipinski definition) is 3. The Bertz CT molecular complexity index is 464. The molecule has 0 unspecified atom stereocenters. The van der Waals surface area contributed by atoms with Crippen LogP contribution in [0.1, 0.15) is 11.3 Å². The molecule has 2 heterocycles. The highest BCUT2D eigenvalue weighted by molar-refractivity contribution is 7.71. The molecule has 70 valence electrons. The average molecular weight is 203 g/mol. The summed E-state index contributed by atoms with van der Waals surface area (Å²) in [5.74, 6) is 0. The molecule has 0 saturated carbocycles. The van der Waals surface area contributed by atoms with Crippen LogP contribution in [0.5, 0.6) is 0 Å². The van der Waals surface area contributed by atoms with Crippen LogP contribution in [0.2, 0.25) is 0 Å². The molecule has 0 fully saturated rings. The first-order chi connectivity index (χ1) is 6.84. The summed E-state index contributed by atoms with van der Waals surface area (Å²) >= 11 is 4.98. The fourth-order valence-corrected chi connectivity index (χ4v) is 1.42. The topological polar surface area (TPSA) is 41.6 Å². The van der Waals surface area contributed by atoms with Gasteiger partial charge in [-0.2, -0.15) is 0 Å². The zero-order chi connectivity index (χ0) is 9.80. The van der Waals surface area contributed by atoms with Gasteiger partial charge >= 0.3 is 0 Å². The van der Waals surface area contributed by atoms with Crippen LogP contribution in [-0.2, 0) is 6.42 Å². The van der Waals surface area contributed by atoms with Crippen LogP contribution in [0.4, 0.5) is 0 Å². The average Bonchev–Trinajstić information content (AvgIpc) is 2.19. The lowest BCUT2D eigenvalue weighted by Gasteiger charge is -1.99. The van der Waals surface area contributed by atoms with Crippen LogP contribution in [0.15, 0.2) is 36.9 Å². The van der Waals surface area contributed by atoms with Crippen molar-refractivity contribution in [2.75, 3.05) is 0 Å². The third kappa shape index (κ3) is 2.23. The molecular formula is C10H9N3S. The highest BCUT2D eigenvalue weighted by Crippen LogP contribution is 2.03. The summed E-state index contributed by atoms with van der Waals surface area (Å²) in [4.78, 5) is 11.1. The SMILES string of the molecule is S=c1cncc(Cc2cccnc2)[nH]1. The summed E-state index contributed by atoms with van der Waals surface area (Å²) < 4.78 is 0.659. The van der Waals surface area contributed by atoms with Gasteiger partial charge in [-0.3, -0.25) is 9.97 Å². The molecule has 0 amide bonds. The Morgan fingerprint density at radius 3 is 2.86 bits per heavy atom. The number of hydrogen-bond donors (Lipinski definition) is 1. The molecule has 0 aliphatic heterocycles. The maximum atomic E-state index is 4.98. The summed E-state index contributed by atoms with van der Waals surface area (Å²) in [7, 11) is 0. The zero-order valence-electron chi connectivity index (χ0n) is 7.47. The van der Waals surface area contributed by atoms with Crippen molar-refractivity contribution in [3.63, 3.8) is 0 Å². The van der Waals surface area contributed by atoms with E-state index in [-0.39, 0.29) is 0 Å². The minimum absolute atomic E-state index is 0.659. The second-order valence-electron chi connectivity index (χ2n) is 2.96. The molecule has 3 nitrogen and oxygen atoms in total. The van der Waals surface area contributed by atoms with Gasteiger partial charge in [-0.15, -0.1) is 0 Å². The molecule has 0 aromatic carbocycles. The molecule has 2 rings (SSSR count). The summed E-state index contributed by atoms with van der Waals surface area (Å²) in [6.07, 6.45) is 7.79. The third-order valence-electron chi connectivity index (χ3n) is 1.82. The number of rotatable bonds is 2. The van der Waals surface area contributed by atoms with E-state index in [4.69, 9.17) is 12.2 Å². The number of H-pyrrole nitrogens is 1. The highest BCUT2D eigenvalue weighted by atomic mass is 32.1. The standard InChI is InChI=1S/C10H9N3S/c14-10-7-12-6-9(13-10)4-8-2-1-3-11-5-8/h1-3,5-7H,4H2,(H,13,14). The summed E-state index contributed by atoms with van der Waals surface area (Å²) in [6, 6.07) is 3.94. The van der Waals surface area contributed by atoms with Crippen LogP contribution in [0.25, 0.3) is 0 Å².